The van der Waals surface area contributed by atoms with Crippen molar-refractivity contribution in [2.75, 3.05) is 0 Å². The Morgan fingerprint density at radius 2 is 1.57 bits per heavy atom. The summed E-state index contributed by atoms with van der Waals surface area (Å²) in [6, 6.07) is 16.3. The number of nitrogens with zero attached hydrogens (tertiary/aromatic N) is 3. The number of alkyl halides is 1. The van der Waals surface area contributed by atoms with Gasteiger partial charge in [-0.15, -0.1) is 21.8 Å². The number of aromatic nitrogens is 3. The van der Waals surface area contributed by atoms with Gasteiger partial charge in [0.15, 0.2) is 11.6 Å². The van der Waals surface area contributed by atoms with Gasteiger partial charge in [0.05, 0.1) is 5.88 Å². The molecule has 0 spiro atoms. The van der Waals surface area contributed by atoms with Crippen LogP contribution in [0.2, 0.25) is 0 Å². The van der Waals surface area contributed by atoms with Gasteiger partial charge in [0.2, 0.25) is 0 Å². The zero-order chi connectivity index (χ0) is 14.8. The van der Waals surface area contributed by atoms with E-state index >= 15 is 0 Å². The molecule has 3 nitrogen and oxygen atoms in total. The van der Waals surface area contributed by atoms with E-state index in [1.807, 2.05) is 34.9 Å². The first kappa shape index (κ1) is 13.8. The van der Waals surface area contributed by atoms with E-state index in [4.69, 9.17) is 11.6 Å². The second-order valence-electron chi connectivity index (χ2n) is 5.01. The Hall–Kier alpha value is -2.13. The van der Waals surface area contributed by atoms with Crippen molar-refractivity contribution in [1.29, 1.82) is 0 Å². The molecule has 0 radical (unpaired) electrons. The standard InChI is InChI=1S/C17H16ClN3/c1-12-7-6-8-13(2)16(12)17-20-19-15(11-18)21(17)14-9-4-3-5-10-14/h3-10H,11H2,1-2H3. The Labute approximate surface area is 129 Å². The lowest BCUT2D eigenvalue weighted by Gasteiger charge is -2.13. The van der Waals surface area contributed by atoms with Crippen LogP contribution in [0.4, 0.5) is 0 Å². The van der Waals surface area contributed by atoms with Crippen LogP contribution in [0.3, 0.4) is 0 Å². The Morgan fingerprint density at radius 3 is 2.19 bits per heavy atom. The lowest BCUT2D eigenvalue weighted by molar-refractivity contribution is 0.952. The van der Waals surface area contributed by atoms with Crippen LogP contribution in [-0.4, -0.2) is 14.8 Å². The number of aryl methyl sites for hydroxylation is 2. The van der Waals surface area contributed by atoms with Gasteiger partial charge in [-0.2, -0.15) is 0 Å². The SMILES string of the molecule is Cc1cccc(C)c1-c1nnc(CCl)n1-c1ccccc1. The molecular weight excluding hydrogens is 282 g/mol. The zero-order valence-corrected chi connectivity index (χ0v) is 12.8. The minimum absolute atomic E-state index is 0.326. The minimum Gasteiger partial charge on any atom is -0.278 e. The number of rotatable bonds is 3. The quantitative estimate of drug-likeness (QED) is 0.675. The summed E-state index contributed by atoms with van der Waals surface area (Å²) in [6.07, 6.45) is 0. The highest BCUT2D eigenvalue weighted by molar-refractivity contribution is 6.16. The van der Waals surface area contributed by atoms with Gasteiger partial charge < -0.3 is 0 Å². The summed E-state index contributed by atoms with van der Waals surface area (Å²) >= 11 is 6.04. The number of hydrogen-bond donors (Lipinski definition) is 0. The van der Waals surface area contributed by atoms with Crippen LogP contribution in [0, 0.1) is 13.8 Å². The third kappa shape index (κ3) is 2.45. The van der Waals surface area contributed by atoms with Gasteiger partial charge in [-0.1, -0.05) is 36.4 Å². The van der Waals surface area contributed by atoms with Crippen molar-refractivity contribution in [3.8, 4) is 17.1 Å². The lowest BCUT2D eigenvalue weighted by atomic mass is 10.0. The molecule has 0 aliphatic carbocycles. The molecule has 0 atom stereocenters. The molecule has 2 aromatic carbocycles. The minimum atomic E-state index is 0.326. The van der Waals surface area contributed by atoms with Crippen LogP contribution in [0.25, 0.3) is 17.1 Å². The summed E-state index contributed by atoms with van der Waals surface area (Å²) in [5, 5.41) is 8.63. The Balaban J connectivity index is 2.28. The third-order valence-electron chi connectivity index (χ3n) is 3.57. The summed E-state index contributed by atoms with van der Waals surface area (Å²) in [7, 11) is 0. The molecule has 3 aromatic rings. The normalized spacial score (nSPS) is 10.8. The van der Waals surface area contributed by atoms with Crippen LogP contribution >= 0.6 is 11.6 Å². The fraction of sp³-hybridized carbons (Fsp3) is 0.176. The van der Waals surface area contributed by atoms with Gasteiger partial charge in [0.1, 0.15) is 0 Å². The van der Waals surface area contributed by atoms with Crippen molar-refractivity contribution in [2.45, 2.75) is 19.7 Å². The van der Waals surface area contributed by atoms with E-state index in [1.54, 1.807) is 0 Å². The highest BCUT2D eigenvalue weighted by Gasteiger charge is 2.17. The lowest BCUT2D eigenvalue weighted by Crippen LogP contribution is -2.03. The van der Waals surface area contributed by atoms with Crippen LogP contribution in [0.1, 0.15) is 17.0 Å². The first-order valence-electron chi connectivity index (χ1n) is 6.84. The zero-order valence-electron chi connectivity index (χ0n) is 12.0. The second-order valence-corrected chi connectivity index (χ2v) is 5.28. The van der Waals surface area contributed by atoms with E-state index in [9.17, 15) is 0 Å². The average Bonchev–Trinajstić information content (AvgIpc) is 2.91. The van der Waals surface area contributed by atoms with Gasteiger partial charge in [-0.05, 0) is 37.1 Å². The van der Waals surface area contributed by atoms with Gasteiger partial charge in [0, 0.05) is 11.3 Å². The molecule has 0 fully saturated rings. The number of hydrogen-bond acceptors (Lipinski definition) is 2. The molecular formula is C17H16ClN3. The Kier molecular flexibility index (Phi) is 3.76. The van der Waals surface area contributed by atoms with Crippen LogP contribution < -0.4 is 0 Å². The molecule has 0 saturated carbocycles. The molecule has 1 heterocycles. The van der Waals surface area contributed by atoms with E-state index in [0.717, 1.165) is 22.9 Å². The van der Waals surface area contributed by atoms with Crippen molar-refractivity contribution in [2.24, 2.45) is 0 Å². The molecule has 0 aliphatic heterocycles. The molecule has 0 saturated heterocycles. The summed E-state index contributed by atoms with van der Waals surface area (Å²) in [6.45, 7) is 4.18. The average molecular weight is 298 g/mol. The highest BCUT2D eigenvalue weighted by atomic mass is 35.5. The van der Waals surface area contributed by atoms with Gasteiger partial charge in [0.25, 0.3) is 0 Å². The van der Waals surface area contributed by atoms with E-state index in [2.05, 4.69) is 42.2 Å². The summed E-state index contributed by atoms with van der Waals surface area (Å²) in [4.78, 5) is 0. The summed E-state index contributed by atoms with van der Waals surface area (Å²) in [5.41, 5.74) is 4.50. The maximum atomic E-state index is 6.04. The molecule has 0 unspecified atom stereocenters. The monoisotopic (exact) mass is 297 g/mol. The molecule has 0 N–H and O–H groups in total. The van der Waals surface area contributed by atoms with Gasteiger partial charge in [-0.25, -0.2) is 0 Å². The highest BCUT2D eigenvalue weighted by Crippen LogP contribution is 2.28. The number of benzene rings is 2. The van der Waals surface area contributed by atoms with Crippen LogP contribution in [0.15, 0.2) is 48.5 Å². The van der Waals surface area contributed by atoms with Gasteiger partial charge in [-0.3, -0.25) is 4.57 Å². The molecule has 1 aromatic heterocycles. The Bertz CT molecular complexity index is 743. The van der Waals surface area contributed by atoms with Crippen molar-refractivity contribution in [1.82, 2.24) is 14.8 Å². The van der Waals surface area contributed by atoms with Crippen molar-refractivity contribution in [3.05, 3.63) is 65.5 Å². The summed E-state index contributed by atoms with van der Waals surface area (Å²) in [5.74, 6) is 1.92. The van der Waals surface area contributed by atoms with Crippen molar-refractivity contribution >= 4 is 11.6 Å². The third-order valence-corrected chi connectivity index (χ3v) is 3.81. The molecule has 0 bridgehead atoms. The fourth-order valence-electron chi connectivity index (χ4n) is 2.58. The van der Waals surface area contributed by atoms with Crippen LogP contribution in [0.5, 0.6) is 0 Å². The molecule has 0 aliphatic rings. The maximum absolute atomic E-state index is 6.04. The predicted molar refractivity (Wildman–Crippen MR) is 85.8 cm³/mol. The smallest absolute Gasteiger partial charge is 0.169 e. The molecule has 3 rings (SSSR count). The first-order valence-corrected chi connectivity index (χ1v) is 7.38. The van der Waals surface area contributed by atoms with E-state index < -0.39 is 0 Å². The molecule has 21 heavy (non-hydrogen) atoms. The molecule has 4 heteroatoms. The molecule has 106 valence electrons. The van der Waals surface area contributed by atoms with Crippen LogP contribution in [-0.2, 0) is 5.88 Å². The second kappa shape index (κ2) is 5.70. The van der Waals surface area contributed by atoms with Crippen molar-refractivity contribution < 1.29 is 0 Å². The number of halogens is 1. The van der Waals surface area contributed by atoms with E-state index in [0.29, 0.717) is 5.88 Å². The predicted octanol–water partition coefficient (Wildman–Crippen LogP) is 4.29. The maximum Gasteiger partial charge on any atom is 0.169 e. The fourth-order valence-corrected chi connectivity index (χ4v) is 2.75. The summed E-state index contributed by atoms with van der Waals surface area (Å²) < 4.78 is 2.03. The first-order chi connectivity index (χ1) is 10.2. The molecule has 0 amide bonds. The number of para-hydroxylation sites is 1. The largest absolute Gasteiger partial charge is 0.278 e. The van der Waals surface area contributed by atoms with E-state index in [1.165, 1.54) is 11.1 Å². The topological polar surface area (TPSA) is 30.7 Å². The Morgan fingerprint density at radius 1 is 0.905 bits per heavy atom. The van der Waals surface area contributed by atoms with Crippen molar-refractivity contribution in [3.63, 3.8) is 0 Å². The van der Waals surface area contributed by atoms with E-state index in [-0.39, 0.29) is 0 Å². The van der Waals surface area contributed by atoms with Gasteiger partial charge >= 0.3 is 0 Å².